The number of hydrogen-bond donors (Lipinski definition) is 2. The number of benzene rings is 2. The molecule has 1 amide bonds. The Morgan fingerprint density at radius 2 is 1.91 bits per heavy atom. The predicted octanol–water partition coefficient (Wildman–Crippen LogP) is 6.03. The highest BCUT2D eigenvalue weighted by molar-refractivity contribution is 6.36. The highest BCUT2D eigenvalue weighted by atomic mass is 35.5. The van der Waals surface area contributed by atoms with Gasteiger partial charge in [-0.05, 0) is 62.2 Å². The first-order valence-corrected chi connectivity index (χ1v) is 12.4. The van der Waals surface area contributed by atoms with E-state index in [0.29, 0.717) is 28.2 Å². The van der Waals surface area contributed by atoms with E-state index < -0.39 is 0 Å². The van der Waals surface area contributed by atoms with Crippen molar-refractivity contribution in [2.24, 2.45) is 5.92 Å². The summed E-state index contributed by atoms with van der Waals surface area (Å²) in [6, 6.07) is 13.2. The van der Waals surface area contributed by atoms with Gasteiger partial charge in [-0.3, -0.25) is 14.7 Å². The van der Waals surface area contributed by atoms with Crippen LogP contribution in [0.25, 0.3) is 10.9 Å². The summed E-state index contributed by atoms with van der Waals surface area (Å²) >= 11 is 18.7. The minimum absolute atomic E-state index is 0.0122. The van der Waals surface area contributed by atoms with Crippen molar-refractivity contribution < 1.29 is 4.79 Å². The minimum Gasteiger partial charge on any atom is -0.384 e. The summed E-state index contributed by atoms with van der Waals surface area (Å²) in [4.78, 5) is 19.4. The van der Waals surface area contributed by atoms with Gasteiger partial charge in [-0.2, -0.15) is 0 Å². The third kappa shape index (κ3) is 6.30. The fraction of sp³-hybridized carbons (Fsp3) is 0.360. The Balaban J connectivity index is 1.22. The molecule has 0 spiro atoms. The van der Waals surface area contributed by atoms with Crippen LogP contribution in [0.3, 0.4) is 0 Å². The molecule has 5 nitrogen and oxygen atoms in total. The van der Waals surface area contributed by atoms with E-state index in [1.807, 2.05) is 42.5 Å². The summed E-state index contributed by atoms with van der Waals surface area (Å²) in [5, 5.41) is 9.59. The summed E-state index contributed by atoms with van der Waals surface area (Å²) < 4.78 is 0. The molecule has 2 N–H and O–H groups in total. The second-order valence-electron chi connectivity index (χ2n) is 8.37. The van der Waals surface area contributed by atoms with Crippen LogP contribution < -0.4 is 10.6 Å². The largest absolute Gasteiger partial charge is 0.384 e. The lowest BCUT2D eigenvalue weighted by molar-refractivity contribution is -0.126. The van der Waals surface area contributed by atoms with E-state index in [4.69, 9.17) is 34.8 Å². The second-order valence-corrected chi connectivity index (χ2v) is 9.62. The van der Waals surface area contributed by atoms with Crippen molar-refractivity contribution >= 4 is 57.3 Å². The highest BCUT2D eigenvalue weighted by Crippen LogP contribution is 2.28. The lowest BCUT2D eigenvalue weighted by Crippen LogP contribution is -2.43. The van der Waals surface area contributed by atoms with Gasteiger partial charge < -0.3 is 10.6 Å². The molecule has 2 heterocycles. The maximum atomic E-state index is 12.7. The quantitative estimate of drug-likeness (QED) is 0.367. The van der Waals surface area contributed by atoms with E-state index in [1.165, 1.54) is 0 Å². The van der Waals surface area contributed by atoms with Gasteiger partial charge in [0, 0.05) is 64.1 Å². The molecular formula is C25H27Cl3N4O. The van der Waals surface area contributed by atoms with Gasteiger partial charge in [0.05, 0.1) is 11.4 Å². The molecule has 1 aromatic heterocycles. The molecular weight excluding hydrogens is 479 g/mol. The summed E-state index contributed by atoms with van der Waals surface area (Å²) in [6.07, 6.45) is 4.49. The maximum absolute atomic E-state index is 12.7. The molecule has 8 heteroatoms. The molecule has 0 saturated carbocycles. The number of rotatable bonds is 8. The third-order valence-corrected chi connectivity index (χ3v) is 6.94. The standard InChI is InChI=1S/C25H27Cl3N4O/c26-18-7-8-19-23(9-12-30-24(19)14-18)29-10-3-11-31-25(33)17-4-2-13-32(15-17)16-20-21(27)5-1-6-22(20)28/h1,5-9,12,14,17H,2-4,10-11,13,15-16H2,(H,29,30)(H,31,33). The zero-order chi connectivity index (χ0) is 23.2. The molecule has 0 radical (unpaired) electrons. The van der Waals surface area contributed by atoms with Gasteiger partial charge in [-0.1, -0.05) is 40.9 Å². The van der Waals surface area contributed by atoms with Crippen molar-refractivity contribution in [2.45, 2.75) is 25.8 Å². The first-order chi connectivity index (χ1) is 16.0. The van der Waals surface area contributed by atoms with Gasteiger partial charge in [-0.15, -0.1) is 0 Å². The van der Waals surface area contributed by atoms with Crippen LogP contribution >= 0.6 is 34.8 Å². The average Bonchev–Trinajstić information content (AvgIpc) is 2.81. The SMILES string of the molecule is O=C(NCCCNc1ccnc2cc(Cl)ccc12)C1CCCN(Cc2c(Cl)cccc2Cl)C1. The molecule has 1 fully saturated rings. The van der Waals surface area contributed by atoms with Gasteiger partial charge in [0.2, 0.25) is 5.91 Å². The lowest BCUT2D eigenvalue weighted by Gasteiger charge is -2.32. The maximum Gasteiger partial charge on any atom is 0.224 e. The smallest absolute Gasteiger partial charge is 0.224 e. The molecule has 0 bridgehead atoms. The zero-order valence-electron chi connectivity index (χ0n) is 18.3. The minimum atomic E-state index is -0.0122. The molecule has 1 unspecified atom stereocenters. The van der Waals surface area contributed by atoms with E-state index in [2.05, 4.69) is 20.5 Å². The monoisotopic (exact) mass is 504 g/mol. The number of carbonyl (C=O) groups is 1. The molecule has 1 saturated heterocycles. The molecule has 1 aliphatic rings. The Morgan fingerprint density at radius 3 is 2.73 bits per heavy atom. The first-order valence-electron chi connectivity index (χ1n) is 11.2. The molecule has 1 atom stereocenters. The van der Waals surface area contributed by atoms with Crippen LogP contribution in [0.5, 0.6) is 0 Å². The molecule has 4 rings (SSSR count). The fourth-order valence-corrected chi connectivity index (χ4v) is 4.95. The Bertz CT molecular complexity index is 1100. The number of nitrogens with zero attached hydrogens (tertiary/aromatic N) is 2. The number of carbonyl (C=O) groups excluding carboxylic acids is 1. The summed E-state index contributed by atoms with van der Waals surface area (Å²) in [6.45, 7) is 3.71. The van der Waals surface area contributed by atoms with Crippen molar-refractivity contribution in [1.82, 2.24) is 15.2 Å². The molecule has 3 aromatic rings. The van der Waals surface area contributed by atoms with Gasteiger partial charge in [-0.25, -0.2) is 0 Å². The van der Waals surface area contributed by atoms with E-state index >= 15 is 0 Å². The lowest BCUT2D eigenvalue weighted by atomic mass is 9.96. The molecule has 33 heavy (non-hydrogen) atoms. The molecule has 0 aliphatic carbocycles. The number of amides is 1. The molecule has 174 valence electrons. The van der Waals surface area contributed by atoms with Crippen molar-refractivity contribution in [2.75, 3.05) is 31.5 Å². The van der Waals surface area contributed by atoms with Crippen molar-refractivity contribution in [3.8, 4) is 0 Å². The van der Waals surface area contributed by atoms with Crippen LogP contribution in [0.1, 0.15) is 24.8 Å². The molecule has 2 aromatic carbocycles. The number of piperidine rings is 1. The number of hydrogen-bond acceptors (Lipinski definition) is 4. The van der Waals surface area contributed by atoms with Crippen molar-refractivity contribution in [3.05, 3.63) is 69.3 Å². The zero-order valence-corrected chi connectivity index (χ0v) is 20.6. The fourth-order valence-electron chi connectivity index (χ4n) is 4.26. The number of nitrogens with one attached hydrogen (secondary N) is 2. The van der Waals surface area contributed by atoms with Gasteiger partial charge >= 0.3 is 0 Å². The summed E-state index contributed by atoms with van der Waals surface area (Å²) in [7, 11) is 0. The van der Waals surface area contributed by atoms with E-state index in [0.717, 1.165) is 61.1 Å². The van der Waals surface area contributed by atoms with Crippen LogP contribution in [-0.2, 0) is 11.3 Å². The number of halogens is 3. The number of fused-ring (bicyclic) bond motifs is 1. The van der Waals surface area contributed by atoms with Gasteiger partial charge in [0.15, 0.2) is 0 Å². The van der Waals surface area contributed by atoms with Gasteiger partial charge in [0.25, 0.3) is 0 Å². The number of anilines is 1. The highest BCUT2D eigenvalue weighted by Gasteiger charge is 2.26. The average molecular weight is 506 g/mol. The van der Waals surface area contributed by atoms with E-state index in [-0.39, 0.29) is 11.8 Å². The van der Waals surface area contributed by atoms with Crippen LogP contribution in [0, 0.1) is 5.92 Å². The Hall–Kier alpha value is -2.05. The summed E-state index contributed by atoms with van der Waals surface area (Å²) in [5.74, 6) is 0.107. The van der Waals surface area contributed by atoms with Crippen molar-refractivity contribution in [3.63, 3.8) is 0 Å². The summed E-state index contributed by atoms with van der Waals surface area (Å²) in [5.41, 5.74) is 2.81. The Morgan fingerprint density at radius 1 is 1.09 bits per heavy atom. The Labute approximate surface area is 209 Å². The Kier molecular flexibility index (Phi) is 8.31. The first kappa shape index (κ1) is 24.1. The van der Waals surface area contributed by atoms with Gasteiger partial charge in [0.1, 0.15) is 0 Å². The number of aromatic nitrogens is 1. The third-order valence-electron chi connectivity index (χ3n) is 5.99. The molecule has 1 aliphatic heterocycles. The van der Waals surface area contributed by atoms with Crippen molar-refractivity contribution in [1.29, 1.82) is 0 Å². The topological polar surface area (TPSA) is 57.3 Å². The normalized spacial score (nSPS) is 16.6. The second kappa shape index (κ2) is 11.4. The number of likely N-dealkylation sites (tertiary alicyclic amines) is 1. The van der Waals surface area contributed by atoms with Crippen LogP contribution in [0.4, 0.5) is 5.69 Å². The van der Waals surface area contributed by atoms with Crippen LogP contribution in [0.15, 0.2) is 48.7 Å². The van der Waals surface area contributed by atoms with E-state index in [1.54, 1.807) is 6.20 Å². The predicted molar refractivity (Wildman–Crippen MR) is 137 cm³/mol. The number of pyridine rings is 1. The van der Waals surface area contributed by atoms with Crippen LogP contribution in [-0.4, -0.2) is 42.0 Å². The van der Waals surface area contributed by atoms with Crippen LogP contribution in [0.2, 0.25) is 15.1 Å². The van der Waals surface area contributed by atoms with E-state index in [9.17, 15) is 4.79 Å².